The molecule has 0 amide bonds. The molecule has 0 saturated carbocycles. The van der Waals surface area contributed by atoms with E-state index in [1.165, 1.54) is 0 Å². The lowest BCUT2D eigenvalue weighted by Gasteiger charge is -2.52. The van der Waals surface area contributed by atoms with Gasteiger partial charge in [-0.05, 0) is 72.1 Å². The molecular formula is C28H56N2O2. The summed E-state index contributed by atoms with van der Waals surface area (Å²) in [7, 11) is 0. The van der Waals surface area contributed by atoms with E-state index in [1.807, 2.05) is 13.8 Å². The minimum atomic E-state index is -0.533. The molecule has 0 spiro atoms. The van der Waals surface area contributed by atoms with Crippen molar-refractivity contribution >= 4 is 11.6 Å². The quantitative estimate of drug-likeness (QED) is 0.253. The molecule has 2 N–H and O–H groups in total. The van der Waals surface area contributed by atoms with Gasteiger partial charge in [-0.3, -0.25) is 9.59 Å². The zero-order chi connectivity index (χ0) is 25.4. The van der Waals surface area contributed by atoms with Crippen molar-refractivity contribution in [2.24, 2.45) is 10.8 Å². The average molecular weight is 453 g/mol. The van der Waals surface area contributed by atoms with E-state index in [9.17, 15) is 9.59 Å². The number of hydrogen-bond donors (Lipinski definition) is 2. The fraction of sp³-hybridized carbons (Fsp3) is 0.929. The Labute approximate surface area is 200 Å². The first kappa shape index (κ1) is 31.3. The van der Waals surface area contributed by atoms with Crippen LogP contribution in [0, 0.1) is 10.8 Å². The summed E-state index contributed by atoms with van der Waals surface area (Å²) in [5.41, 5.74) is -1.34. The molecule has 2 atom stereocenters. The molecule has 0 aromatic heterocycles. The fourth-order valence-corrected chi connectivity index (χ4v) is 5.84. The molecule has 0 aliphatic carbocycles. The highest BCUT2D eigenvalue weighted by molar-refractivity contribution is 5.92. The minimum Gasteiger partial charge on any atom is -0.302 e. The topological polar surface area (TPSA) is 58.2 Å². The van der Waals surface area contributed by atoms with Crippen molar-refractivity contribution in [1.29, 1.82) is 0 Å². The largest absolute Gasteiger partial charge is 0.302 e. The van der Waals surface area contributed by atoms with Gasteiger partial charge in [0, 0.05) is 21.9 Å². The number of ketones is 2. The van der Waals surface area contributed by atoms with Crippen molar-refractivity contribution in [2.45, 2.75) is 158 Å². The molecule has 0 aliphatic heterocycles. The average Bonchev–Trinajstić information content (AvgIpc) is 2.82. The van der Waals surface area contributed by atoms with Crippen LogP contribution in [0.3, 0.4) is 0 Å². The summed E-state index contributed by atoms with van der Waals surface area (Å²) in [6, 6.07) is -0.522. The first-order chi connectivity index (χ1) is 14.8. The van der Waals surface area contributed by atoms with Gasteiger partial charge >= 0.3 is 0 Å². The summed E-state index contributed by atoms with van der Waals surface area (Å²) >= 11 is 0. The number of carbonyl (C=O) groups is 2. The lowest BCUT2D eigenvalue weighted by atomic mass is 9.59. The number of hydrogen-bond acceptors (Lipinski definition) is 4. The first-order valence-electron chi connectivity index (χ1n) is 13.5. The molecule has 0 saturated heterocycles. The lowest BCUT2D eigenvalue weighted by molar-refractivity contribution is -0.141. The highest BCUT2D eigenvalue weighted by atomic mass is 16.1. The van der Waals surface area contributed by atoms with Gasteiger partial charge in [0.2, 0.25) is 0 Å². The molecule has 0 heterocycles. The third-order valence-corrected chi connectivity index (χ3v) is 9.36. The Kier molecular flexibility index (Phi) is 12.4. The number of carbonyl (C=O) groups excluding carboxylic acids is 2. The van der Waals surface area contributed by atoms with Crippen molar-refractivity contribution in [3.05, 3.63) is 0 Å². The molecule has 0 aliphatic rings. The maximum Gasteiger partial charge on any atom is 0.157 e. The maximum absolute atomic E-state index is 14.2. The van der Waals surface area contributed by atoms with Gasteiger partial charge < -0.3 is 10.6 Å². The molecule has 2 unspecified atom stereocenters. The highest BCUT2D eigenvalue weighted by Crippen LogP contribution is 2.45. The molecule has 32 heavy (non-hydrogen) atoms. The van der Waals surface area contributed by atoms with Crippen LogP contribution in [0.15, 0.2) is 0 Å². The molecule has 4 nitrogen and oxygen atoms in total. The third-order valence-electron chi connectivity index (χ3n) is 9.36. The van der Waals surface area contributed by atoms with Crippen LogP contribution in [0.2, 0.25) is 0 Å². The van der Waals surface area contributed by atoms with E-state index in [0.717, 1.165) is 51.4 Å². The minimum absolute atomic E-state index is 0.0514. The maximum atomic E-state index is 14.2. The van der Waals surface area contributed by atoms with Gasteiger partial charge in [-0.2, -0.15) is 0 Å². The second kappa shape index (κ2) is 12.6. The molecule has 0 radical (unpaired) electrons. The van der Waals surface area contributed by atoms with E-state index in [-0.39, 0.29) is 34.6 Å². The van der Waals surface area contributed by atoms with E-state index in [0.29, 0.717) is 0 Å². The molecule has 0 fully saturated rings. The summed E-state index contributed by atoms with van der Waals surface area (Å²) in [4.78, 5) is 27.6. The van der Waals surface area contributed by atoms with Crippen molar-refractivity contribution in [2.75, 3.05) is 0 Å². The summed E-state index contributed by atoms with van der Waals surface area (Å²) in [6.45, 7) is 25.5. The normalized spacial score (nSPS) is 15.5. The Morgan fingerprint density at radius 1 is 0.594 bits per heavy atom. The molecule has 190 valence electrons. The highest BCUT2D eigenvalue weighted by Gasteiger charge is 2.54. The Hall–Kier alpha value is -0.740. The molecule has 0 aromatic rings. The molecule has 4 heteroatoms. The first-order valence-corrected chi connectivity index (χ1v) is 13.5. The smallest absolute Gasteiger partial charge is 0.157 e. The predicted octanol–water partition coefficient (Wildman–Crippen LogP) is 6.85. The lowest BCUT2D eigenvalue weighted by Crippen LogP contribution is -2.67. The second-order valence-electron chi connectivity index (χ2n) is 10.6. The van der Waals surface area contributed by atoms with Crippen LogP contribution in [-0.2, 0) is 9.59 Å². The molecular weight excluding hydrogens is 396 g/mol. The summed E-state index contributed by atoms with van der Waals surface area (Å²) < 4.78 is 0. The predicted molar refractivity (Wildman–Crippen MR) is 139 cm³/mol. The molecule has 0 rings (SSSR count). The van der Waals surface area contributed by atoms with Crippen LogP contribution < -0.4 is 10.6 Å². The van der Waals surface area contributed by atoms with Gasteiger partial charge in [0.05, 0.1) is 12.1 Å². The Bertz CT molecular complexity index is 582. The standard InChI is InChI=1S/C28H56N2O2/c1-13-25(11,14-2)23(31)21(9)30-28(19-7,20-8)27(17-5,18-6)24(32)22(10)29-26(12,15-3)16-4/h21-22,29-30H,13-20H2,1-12H3. The van der Waals surface area contributed by atoms with Gasteiger partial charge in [0.1, 0.15) is 0 Å². The van der Waals surface area contributed by atoms with Gasteiger partial charge in [-0.25, -0.2) is 0 Å². The van der Waals surface area contributed by atoms with Gasteiger partial charge in [-0.15, -0.1) is 0 Å². The van der Waals surface area contributed by atoms with Gasteiger partial charge in [-0.1, -0.05) is 62.3 Å². The number of rotatable bonds is 17. The number of Topliss-reactive ketones (excluding diaryl/α,β-unsaturated/α-hetero) is 2. The zero-order valence-electron chi connectivity index (χ0n) is 23.6. The van der Waals surface area contributed by atoms with Crippen molar-refractivity contribution in [1.82, 2.24) is 10.6 Å². The van der Waals surface area contributed by atoms with Crippen LogP contribution in [-0.4, -0.2) is 34.7 Å². The Morgan fingerprint density at radius 2 is 1.00 bits per heavy atom. The summed E-state index contributed by atoms with van der Waals surface area (Å²) in [5.74, 6) is 0.540. The van der Waals surface area contributed by atoms with E-state index >= 15 is 0 Å². The van der Waals surface area contributed by atoms with Crippen molar-refractivity contribution < 1.29 is 9.59 Å². The SMILES string of the molecule is CCC(C)(CC)NC(C)C(=O)C(CC)(CC)C(CC)(CC)NC(C)C(=O)C(C)(CC)CC. The third kappa shape index (κ3) is 6.03. The van der Waals surface area contributed by atoms with Crippen molar-refractivity contribution in [3.63, 3.8) is 0 Å². The van der Waals surface area contributed by atoms with E-state index in [1.54, 1.807) is 0 Å². The second-order valence-corrected chi connectivity index (χ2v) is 10.6. The Morgan fingerprint density at radius 3 is 1.31 bits per heavy atom. The van der Waals surface area contributed by atoms with Gasteiger partial charge in [0.25, 0.3) is 0 Å². The summed E-state index contributed by atoms with van der Waals surface area (Å²) in [5, 5.41) is 7.44. The summed E-state index contributed by atoms with van der Waals surface area (Å²) in [6.07, 6.45) is 6.78. The monoisotopic (exact) mass is 452 g/mol. The molecule has 0 aromatic carbocycles. The van der Waals surface area contributed by atoms with Crippen LogP contribution in [0.1, 0.15) is 134 Å². The van der Waals surface area contributed by atoms with Crippen molar-refractivity contribution in [3.8, 4) is 0 Å². The van der Waals surface area contributed by atoms with E-state index in [4.69, 9.17) is 0 Å². The fourth-order valence-electron chi connectivity index (χ4n) is 5.84. The van der Waals surface area contributed by atoms with Crippen LogP contribution in [0.4, 0.5) is 0 Å². The van der Waals surface area contributed by atoms with Crippen LogP contribution in [0.25, 0.3) is 0 Å². The van der Waals surface area contributed by atoms with E-state index in [2.05, 4.69) is 79.9 Å². The van der Waals surface area contributed by atoms with E-state index < -0.39 is 11.0 Å². The van der Waals surface area contributed by atoms with Gasteiger partial charge in [0.15, 0.2) is 11.6 Å². The zero-order valence-corrected chi connectivity index (χ0v) is 23.6. The molecule has 0 bridgehead atoms. The Balaban J connectivity index is 6.29. The van der Waals surface area contributed by atoms with Crippen LogP contribution in [0.5, 0.6) is 0 Å². The number of nitrogens with one attached hydrogen (secondary N) is 2. The van der Waals surface area contributed by atoms with Crippen LogP contribution >= 0.6 is 0 Å².